The highest BCUT2D eigenvalue weighted by Crippen LogP contribution is 2.24. The van der Waals surface area contributed by atoms with Crippen molar-refractivity contribution in [2.75, 3.05) is 24.2 Å². The van der Waals surface area contributed by atoms with Gasteiger partial charge in [-0.15, -0.1) is 0 Å². The number of aliphatic hydroxyl groups is 1. The van der Waals surface area contributed by atoms with Crippen LogP contribution in [0.3, 0.4) is 0 Å². The zero-order chi connectivity index (χ0) is 18.8. The van der Waals surface area contributed by atoms with Crippen molar-refractivity contribution >= 4 is 28.7 Å². The largest absolute Gasteiger partial charge is 0.461 e. The maximum atomic E-state index is 13.4. The number of hydrogen-bond acceptors (Lipinski definition) is 8. The average molecular weight is 368 g/mol. The highest BCUT2D eigenvalue weighted by atomic mass is 19.3. The molecule has 0 saturated heterocycles. The first-order valence-electron chi connectivity index (χ1n) is 7.42. The third-order valence-corrected chi connectivity index (χ3v) is 3.55. The van der Waals surface area contributed by atoms with Crippen LogP contribution in [0.15, 0.2) is 27.6 Å². The van der Waals surface area contributed by atoms with Crippen LogP contribution in [0.4, 0.5) is 20.5 Å². The Morgan fingerprint density at radius 1 is 1.42 bits per heavy atom. The molecule has 138 valence electrons. The molecule has 10 nitrogen and oxygen atoms in total. The van der Waals surface area contributed by atoms with Crippen LogP contribution in [-0.4, -0.2) is 43.1 Å². The van der Waals surface area contributed by atoms with E-state index in [1.807, 2.05) is 0 Å². The van der Waals surface area contributed by atoms with E-state index in [1.165, 1.54) is 18.4 Å². The van der Waals surface area contributed by atoms with E-state index >= 15 is 0 Å². The topological polar surface area (TPSA) is 141 Å². The van der Waals surface area contributed by atoms with E-state index in [4.69, 9.17) is 15.3 Å². The summed E-state index contributed by atoms with van der Waals surface area (Å²) in [5.41, 5.74) is 4.01. The molecule has 0 radical (unpaired) electrons. The number of aliphatic hydroxyl groups excluding tert-OH is 1. The van der Waals surface area contributed by atoms with Crippen LogP contribution in [0.5, 0.6) is 0 Å². The van der Waals surface area contributed by atoms with Crippen molar-refractivity contribution in [3.05, 3.63) is 34.6 Å². The zero-order valence-electron chi connectivity index (χ0n) is 13.2. The van der Waals surface area contributed by atoms with Gasteiger partial charge < -0.3 is 20.6 Å². The summed E-state index contributed by atoms with van der Waals surface area (Å²) in [4.78, 5) is 31.9. The summed E-state index contributed by atoms with van der Waals surface area (Å²) >= 11 is 0. The number of nitrogens with two attached hydrogens (primary N) is 1. The van der Waals surface area contributed by atoms with Gasteiger partial charge >= 0.3 is 12.2 Å². The maximum Gasteiger partial charge on any atom is 0.335 e. The number of Topliss-reactive ketones (excluding diaryl/α,β-unsaturated/α-hetero) is 1. The minimum absolute atomic E-state index is 0.0693. The van der Waals surface area contributed by atoms with Crippen molar-refractivity contribution < 1.29 is 23.1 Å². The molecule has 4 N–H and O–H groups in total. The Hall–Kier alpha value is -3.28. The lowest BCUT2D eigenvalue weighted by Crippen LogP contribution is -2.26. The summed E-state index contributed by atoms with van der Waals surface area (Å²) in [6, 6.07) is 2.97. The summed E-state index contributed by atoms with van der Waals surface area (Å²) < 4.78 is 32.8. The predicted molar refractivity (Wildman–Crippen MR) is 86.1 cm³/mol. The van der Waals surface area contributed by atoms with Gasteiger partial charge in [0.25, 0.3) is 0 Å². The fourth-order valence-corrected chi connectivity index (χ4v) is 2.48. The second-order valence-corrected chi connectivity index (χ2v) is 5.16. The first-order valence-corrected chi connectivity index (χ1v) is 7.42. The van der Waals surface area contributed by atoms with E-state index in [9.17, 15) is 18.4 Å². The van der Waals surface area contributed by atoms with E-state index in [-0.39, 0.29) is 46.3 Å². The monoisotopic (exact) mass is 368 g/mol. The number of hydrogen-bond donors (Lipinski definition) is 3. The molecule has 12 heteroatoms. The van der Waals surface area contributed by atoms with Crippen LogP contribution in [0.25, 0.3) is 11.2 Å². The van der Waals surface area contributed by atoms with E-state index in [2.05, 4.69) is 15.3 Å². The van der Waals surface area contributed by atoms with Crippen molar-refractivity contribution in [1.29, 1.82) is 0 Å². The number of nitrogens with one attached hydrogen (secondary N) is 1. The number of imidazole rings is 1. The fraction of sp³-hybridized carbons (Fsp3) is 0.286. The summed E-state index contributed by atoms with van der Waals surface area (Å²) in [5, 5.41) is 11.7. The minimum atomic E-state index is -3.18. The Kier molecular flexibility index (Phi) is 4.67. The molecule has 3 rings (SSSR count). The quantitative estimate of drug-likeness (QED) is 0.511. The van der Waals surface area contributed by atoms with Crippen molar-refractivity contribution in [3.8, 4) is 0 Å². The van der Waals surface area contributed by atoms with Gasteiger partial charge in [-0.25, -0.2) is 9.36 Å². The summed E-state index contributed by atoms with van der Waals surface area (Å²) in [6.07, 6.45) is 1.32. The molecule has 0 bridgehead atoms. The van der Waals surface area contributed by atoms with Gasteiger partial charge in [0, 0.05) is 0 Å². The number of nitrogens with zero attached hydrogens (tertiary/aromatic N) is 4. The van der Waals surface area contributed by atoms with Crippen LogP contribution in [0, 0.1) is 0 Å². The van der Waals surface area contributed by atoms with Crippen molar-refractivity contribution in [2.24, 2.45) is 0 Å². The van der Waals surface area contributed by atoms with Gasteiger partial charge in [-0.1, -0.05) is 0 Å². The molecule has 0 aliphatic carbocycles. The number of anilines is 2. The smallest absolute Gasteiger partial charge is 0.335 e. The molecule has 0 unspecified atom stereocenters. The van der Waals surface area contributed by atoms with Gasteiger partial charge in [0.1, 0.15) is 5.52 Å². The number of furan rings is 1. The number of carbonyl (C=O) groups excluding carboxylic acids is 1. The lowest BCUT2D eigenvalue weighted by molar-refractivity contribution is 0.0700. The highest BCUT2D eigenvalue weighted by Gasteiger charge is 2.24. The Balaban J connectivity index is 2.08. The van der Waals surface area contributed by atoms with Gasteiger partial charge in [-0.2, -0.15) is 18.7 Å². The third kappa shape index (κ3) is 3.01. The van der Waals surface area contributed by atoms with Gasteiger partial charge in [0.15, 0.2) is 17.2 Å². The van der Waals surface area contributed by atoms with Crippen LogP contribution in [0.1, 0.15) is 17.1 Å². The molecule has 0 atom stereocenters. The second-order valence-electron chi connectivity index (χ2n) is 5.16. The van der Waals surface area contributed by atoms with Gasteiger partial charge in [-0.3, -0.25) is 9.36 Å². The molecular weight excluding hydrogens is 354 g/mol. The van der Waals surface area contributed by atoms with Crippen LogP contribution >= 0.6 is 0 Å². The number of aromatic nitrogens is 4. The molecule has 26 heavy (non-hydrogen) atoms. The van der Waals surface area contributed by atoms with E-state index in [0.717, 1.165) is 4.57 Å². The molecule has 3 aromatic rings. The number of alkyl halides is 2. The van der Waals surface area contributed by atoms with Gasteiger partial charge in [0.2, 0.25) is 11.7 Å². The molecule has 0 saturated carbocycles. The molecule has 3 aromatic heterocycles. The lowest BCUT2D eigenvalue weighted by Gasteiger charge is -2.08. The Bertz CT molecular complexity index is 995. The highest BCUT2D eigenvalue weighted by molar-refractivity contribution is 5.97. The second kappa shape index (κ2) is 6.92. The molecule has 0 aromatic carbocycles. The molecule has 3 heterocycles. The summed E-state index contributed by atoms with van der Waals surface area (Å²) in [6.45, 7) is -4.23. The van der Waals surface area contributed by atoms with Crippen LogP contribution in [0.2, 0.25) is 0 Å². The van der Waals surface area contributed by atoms with Crippen LogP contribution < -0.4 is 16.7 Å². The number of nitrogen functional groups attached to an aromatic ring is 1. The lowest BCUT2D eigenvalue weighted by atomic mass is 10.3. The molecule has 0 fully saturated rings. The number of carbonyl (C=O) groups is 1. The third-order valence-electron chi connectivity index (χ3n) is 3.55. The van der Waals surface area contributed by atoms with Crippen molar-refractivity contribution in [2.45, 2.75) is 13.1 Å². The summed E-state index contributed by atoms with van der Waals surface area (Å²) in [7, 11) is 0. The number of ketones is 1. The maximum absolute atomic E-state index is 13.4. The van der Waals surface area contributed by atoms with Gasteiger partial charge in [-0.05, 0) is 12.1 Å². The summed E-state index contributed by atoms with van der Waals surface area (Å²) in [5.74, 6) is -0.883. The standard InChI is InChI=1S/C14H14F2N6O4/c15-12(16)22-9-10(18-6-7(24)8-2-1-5-26-8)19-13(17)20-11(9)21(3-4-23)14(22)25/h1-2,5,12,23H,3-4,6H2,(H3,17,18,19,20). The van der Waals surface area contributed by atoms with Crippen molar-refractivity contribution in [3.63, 3.8) is 0 Å². The average Bonchev–Trinajstić information content (AvgIpc) is 3.21. The van der Waals surface area contributed by atoms with E-state index < -0.39 is 24.6 Å². The van der Waals surface area contributed by atoms with Crippen molar-refractivity contribution in [1.82, 2.24) is 19.1 Å². The normalized spacial score (nSPS) is 11.4. The molecule has 0 aliphatic rings. The van der Waals surface area contributed by atoms with E-state index in [0.29, 0.717) is 0 Å². The Morgan fingerprint density at radius 2 is 2.19 bits per heavy atom. The Labute approximate surface area is 143 Å². The van der Waals surface area contributed by atoms with Gasteiger partial charge in [0.05, 0.1) is 26.0 Å². The Morgan fingerprint density at radius 3 is 2.81 bits per heavy atom. The SMILES string of the molecule is Nc1nc(NCC(=O)c2ccco2)c2c(n1)n(CCO)c(=O)n2C(F)F. The minimum Gasteiger partial charge on any atom is -0.461 e. The molecular formula is C14H14F2N6O4. The van der Waals surface area contributed by atoms with E-state index in [1.54, 1.807) is 0 Å². The predicted octanol–water partition coefficient (Wildman–Crippen LogP) is 0.450. The number of fused-ring (bicyclic) bond motifs is 1. The zero-order valence-corrected chi connectivity index (χ0v) is 13.2. The molecule has 0 spiro atoms. The molecule has 0 aliphatic heterocycles. The first kappa shape index (κ1) is 17.5. The van der Waals surface area contributed by atoms with Crippen LogP contribution in [-0.2, 0) is 6.54 Å². The first-order chi connectivity index (χ1) is 12.4. The number of halogens is 2. The number of rotatable bonds is 7. The molecule has 0 amide bonds. The fourth-order valence-electron chi connectivity index (χ4n) is 2.48.